The van der Waals surface area contributed by atoms with Gasteiger partial charge in [0.25, 0.3) is 0 Å². The van der Waals surface area contributed by atoms with Gasteiger partial charge in [0.05, 0.1) is 6.54 Å². The van der Waals surface area contributed by atoms with Crippen molar-refractivity contribution in [3.63, 3.8) is 0 Å². The highest BCUT2D eigenvalue weighted by molar-refractivity contribution is 5.78. The van der Waals surface area contributed by atoms with Crippen LogP contribution in [0.25, 0.3) is 0 Å². The number of amides is 1. The predicted molar refractivity (Wildman–Crippen MR) is 61.5 cm³/mol. The van der Waals surface area contributed by atoms with Crippen molar-refractivity contribution < 1.29 is 4.79 Å². The van der Waals surface area contributed by atoms with Crippen molar-refractivity contribution in [1.82, 2.24) is 9.80 Å². The molecule has 2 unspecified atom stereocenters. The van der Waals surface area contributed by atoms with Crippen LogP contribution in [0.2, 0.25) is 0 Å². The first kappa shape index (κ1) is 12.5. The smallest absolute Gasteiger partial charge is 0.237 e. The highest BCUT2D eigenvalue weighted by Crippen LogP contribution is 2.22. The van der Waals surface area contributed by atoms with Crippen molar-refractivity contribution in [3.8, 4) is 0 Å². The Hall–Kier alpha value is -0.610. The maximum atomic E-state index is 12.0. The third-order valence-corrected chi connectivity index (χ3v) is 3.13. The van der Waals surface area contributed by atoms with Gasteiger partial charge in [-0.05, 0) is 32.9 Å². The Labute approximate surface area is 92.4 Å². The molecule has 2 atom stereocenters. The maximum absolute atomic E-state index is 12.0. The molecule has 0 spiro atoms. The van der Waals surface area contributed by atoms with E-state index in [0.29, 0.717) is 19.0 Å². The molecular formula is C11H23N3O. The summed E-state index contributed by atoms with van der Waals surface area (Å²) in [7, 11) is 3.84. The third kappa shape index (κ3) is 3.18. The Morgan fingerprint density at radius 2 is 2.20 bits per heavy atom. The number of likely N-dealkylation sites (N-methyl/N-ethyl adjacent to an activating group) is 1. The average molecular weight is 213 g/mol. The molecule has 1 rings (SSSR count). The first-order valence-corrected chi connectivity index (χ1v) is 5.70. The number of nitrogens with two attached hydrogens (primary N) is 1. The molecule has 0 aliphatic carbocycles. The van der Waals surface area contributed by atoms with E-state index in [1.165, 1.54) is 6.42 Å². The van der Waals surface area contributed by atoms with E-state index >= 15 is 0 Å². The summed E-state index contributed by atoms with van der Waals surface area (Å²) in [5.74, 6) is 0.747. The molecule has 2 N–H and O–H groups in total. The number of nitrogens with zero attached hydrogens (tertiary/aromatic N) is 2. The van der Waals surface area contributed by atoms with Crippen LogP contribution in [0.3, 0.4) is 0 Å². The van der Waals surface area contributed by atoms with Crippen molar-refractivity contribution in [3.05, 3.63) is 0 Å². The molecule has 0 bridgehead atoms. The summed E-state index contributed by atoms with van der Waals surface area (Å²) >= 11 is 0. The first-order valence-electron chi connectivity index (χ1n) is 5.70. The molecule has 1 saturated heterocycles. The van der Waals surface area contributed by atoms with E-state index in [-0.39, 0.29) is 11.9 Å². The maximum Gasteiger partial charge on any atom is 0.237 e. The van der Waals surface area contributed by atoms with Gasteiger partial charge in [0, 0.05) is 19.1 Å². The number of piperidine rings is 1. The molecule has 15 heavy (non-hydrogen) atoms. The fourth-order valence-corrected chi connectivity index (χ4v) is 2.28. The fraction of sp³-hybridized carbons (Fsp3) is 0.909. The molecule has 88 valence electrons. The topological polar surface area (TPSA) is 49.6 Å². The Morgan fingerprint density at radius 3 is 2.73 bits per heavy atom. The summed E-state index contributed by atoms with van der Waals surface area (Å²) in [5.41, 5.74) is 5.75. The lowest BCUT2D eigenvalue weighted by molar-refractivity contribution is -0.136. The third-order valence-electron chi connectivity index (χ3n) is 3.13. The van der Waals surface area contributed by atoms with Crippen molar-refractivity contribution in [2.75, 3.05) is 33.7 Å². The first-order chi connectivity index (χ1) is 7.06. The van der Waals surface area contributed by atoms with Crippen molar-refractivity contribution >= 4 is 5.91 Å². The number of likely N-dealkylation sites (tertiary alicyclic amines) is 1. The lowest BCUT2D eigenvalue weighted by atomic mass is 9.91. The van der Waals surface area contributed by atoms with E-state index in [4.69, 9.17) is 5.73 Å². The monoisotopic (exact) mass is 213 g/mol. The molecule has 0 aromatic rings. The van der Waals surface area contributed by atoms with Gasteiger partial charge in [0.2, 0.25) is 5.91 Å². The zero-order chi connectivity index (χ0) is 11.4. The normalized spacial score (nSPS) is 27.1. The Morgan fingerprint density at radius 1 is 1.53 bits per heavy atom. The number of carbonyl (C=O) groups excluding carboxylic acids is 1. The molecule has 1 fully saturated rings. The van der Waals surface area contributed by atoms with Crippen molar-refractivity contribution in [1.29, 1.82) is 0 Å². The largest absolute Gasteiger partial charge is 0.337 e. The van der Waals surface area contributed by atoms with Crippen LogP contribution in [0.4, 0.5) is 0 Å². The number of hydrogen-bond donors (Lipinski definition) is 1. The highest BCUT2D eigenvalue weighted by atomic mass is 16.2. The van der Waals surface area contributed by atoms with Crippen LogP contribution in [-0.2, 0) is 4.79 Å². The van der Waals surface area contributed by atoms with Crippen LogP contribution in [0.1, 0.15) is 19.8 Å². The summed E-state index contributed by atoms with van der Waals surface area (Å²) in [4.78, 5) is 15.8. The minimum absolute atomic E-state index is 0.210. The Kier molecular flexibility index (Phi) is 4.54. The van der Waals surface area contributed by atoms with Gasteiger partial charge in [-0.15, -0.1) is 0 Å². The van der Waals surface area contributed by atoms with E-state index in [1.807, 2.05) is 23.9 Å². The van der Waals surface area contributed by atoms with Gasteiger partial charge in [0.15, 0.2) is 0 Å². The van der Waals surface area contributed by atoms with Gasteiger partial charge in [-0.1, -0.05) is 6.92 Å². The van der Waals surface area contributed by atoms with Gasteiger partial charge in [-0.25, -0.2) is 0 Å². The van der Waals surface area contributed by atoms with Crippen LogP contribution in [-0.4, -0.2) is 55.5 Å². The van der Waals surface area contributed by atoms with Crippen LogP contribution < -0.4 is 5.73 Å². The summed E-state index contributed by atoms with van der Waals surface area (Å²) < 4.78 is 0. The van der Waals surface area contributed by atoms with Crippen LogP contribution in [0.15, 0.2) is 0 Å². The zero-order valence-corrected chi connectivity index (χ0v) is 10.1. The SMILES string of the molecule is CC1CCCN(C(=O)CN(C)C)C1CN. The number of hydrogen-bond acceptors (Lipinski definition) is 3. The molecular weight excluding hydrogens is 190 g/mol. The molecule has 4 nitrogen and oxygen atoms in total. The van der Waals surface area contributed by atoms with Crippen LogP contribution in [0, 0.1) is 5.92 Å². The molecule has 1 heterocycles. The summed E-state index contributed by atoms with van der Waals surface area (Å²) in [5, 5.41) is 0. The molecule has 0 aromatic heterocycles. The molecule has 0 aromatic carbocycles. The minimum Gasteiger partial charge on any atom is -0.337 e. The second-order valence-electron chi connectivity index (χ2n) is 4.75. The molecule has 1 aliphatic heterocycles. The summed E-state index contributed by atoms with van der Waals surface area (Å²) in [6.07, 6.45) is 2.30. The lowest BCUT2D eigenvalue weighted by Gasteiger charge is -2.40. The Bertz CT molecular complexity index is 218. The van der Waals surface area contributed by atoms with Gasteiger partial charge < -0.3 is 15.5 Å². The minimum atomic E-state index is 0.210. The van der Waals surface area contributed by atoms with Gasteiger partial charge in [0.1, 0.15) is 0 Å². The highest BCUT2D eigenvalue weighted by Gasteiger charge is 2.30. The van der Waals surface area contributed by atoms with Crippen LogP contribution in [0.5, 0.6) is 0 Å². The predicted octanol–water partition coefficient (Wildman–Crippen LogP) is 0.134. The summed E-state index contributed by atoms with van der Waals surface area (Å²) in [6.45, 7) is 4.13. The van der Waals surface area contributed by atoms with Gasteiger partial charge in [-0.2, -0.15) is 0 Å². The van der Waals surface area contributed by atoms with E-state index in [1.54, 1.807) is 0 Å². The van der Waals surface area contributed by atoms with E-state index < -0.39 is 0 Å². The number of carbonyl (C=O) groups is 1. The number of rotatable bonds is 3. The standard InChI is InChI=1S/C11H23N3O/c1-9-5-4-6-14(10(9)7-12)11(15)8-13(2)3/h9-10H,4-8,12H2,1-3H3. The van der Waals surface area contributed by atoms with Crippen LogP contribution >= 0.6 is 0 Å². The van der Waals surface area contributed by atoms with E-state index in [2.05, 4.69) is 6.92 Å². The van der Waals surface area contributed by atoms with Crippen molar-refractivity contribution in [2.45, 2.75) is 25.8 Å². The van der Waals surface area contributed by atoms with E-state index in [0.717, 1.165) is 13.0 Å². The Balaban J connectivity index is 2.61. The zero-order valence-electron chi connectivity index (χ0n) is 10.1. The molecule has 4 heteroatoms. The molecule has 1 amide bonds. The molecule has 1 aliphatic rings. The average Bonchev–Trinajstić information content (AvgIpc) is 2.16. The second kappa shape index (κ2) is 5.47. The summed E-state index contributed by atoms with van der Waals surface area (Å²) in [6, 6.07) is 0.242. The van der Waals surface area contributed by atoms with E-state index in [9.17, 15) is 4.79 Å². The second-order valence-corrected chi connectivity index (χ2v) is 4.75. The quantitative estimate of drug-likeness (QED) is 0.725. The van der Waals surface area contributed by atoms with Gasteiger partial charge in [-0.3, -0.25) is 4.79 Å². The lowest BCUT2D eigenvalue weighted by Crippen LogP contribution is -2.53. The van der Waals surface area contributed by atoms with Crippen molar-refractivity contribution in [2.24, 2.45) is 11.7 Å². The molecule has 0 radical (unpaired) electrons. The molecule has 0 saturated carbocycles. The fourth-order valence-electron chi connectivity index (χ4n) is 2.28. The van der Waals surface area contributed by atoms with Gasteiger partial charge >= 0.3 is 0 Å².